The molecule has 1 saturated heterocycles. The van der Waals surface area contributed by atoms with Gasteiger partial charge in [-0.2, -0.15) is 13.2 Å². The Bertz CT molecular complexity index is 835. The number of hydrogen-bond donors (Lipinski definition) is 1. The number of pyridine rings is 1. The fourth-order valence-electron chi connectivity index (χ4n) is 3.26. The van der Waals surface area contributed by atoms with Crippen LogP contribution in [0.5, 0.6) is 0 Å². The number of carbonyl (C=O) groups excluding carboxylic acids is 1. The molecule has 0 amide bonds. The molecular formula is C19H21ClF3N3O2+2. The Labute approximate surface area is 165 Å². The summed E-state index contributed by atoms with van der Waals surface area (Å²) in [5, 5.41) is 0.0664. The van der Waals surface area contributed by atoms with Gasteiger partial charge in [0.25, 0.3) is 5.82 Å². The molecule has 1 fully saturated rings. The van der Waals surface area contributed by atoms with Gasteiger partial charge in [-0.25, -0.2) is 14.7 Å². The van der Waals surface area contributed by atoms with Crippen LogP contribution in [0.15, 0.2) is 36.5 Å². The summed E-state index contributed by atoms with van der Waals surface area (Å²) in [5.41, 5.74) is 0.828. The molecule has 0 unspecified atom stereocenters. The first-order valence-corrected chi connectivity index (χ1v) is 9.20. The van der Waals surface area contributed by atoms with Crippen molar-refractivity contribution in [2.45, 2.75) is 12.7 Å². The van der Waals surface area contributed by atoms with Gasteiger partial charge < -0.3 is 9.64 Å². The fraction of sp³-hybridized carbons (Fsp3) is 0.368. The number of methoxy groups -OCH3 is 1. The van der Waals surface area contributed by atoms with Crippen molar-refractivity contribution in [3.63, 3.8) is 0 Å². The second-order valence-electron chi connectivity index (χ2n) is 6.68. The average molecular weight is 416 g/mol. The van der Waals surface area contributed by atoms with Crippen LogP contribution in [0.4, 0.5) is 19.0 Å². The van der Waals surface area contributed by atoms with Crippen molar-refractivity contribution in [2.24, 2.45) is 0 Å². The maximum Gasteiger partial charge on any atom is 0.419 e. The van der Waals surface area contributed by atoms with Crippen LogP contribution in [-0.2, 0) is 17.5 Å². The van der Waals surface area contributed by atoms with E-state index in [1.54, 1.807) is 12.1 Å². The van der Waals surface area contributed by atoms with E-state index in [0.29, 0.717) is 24.5 Å². The van der Waals surface area contributed by atoms with E-state index in [-0.39, 0.29) is 11.0 Å². The first-order chi connectivity index (χ1) is 13.3. The Hall–Kier alpha value is -2.32. The van der Waals surface area contributed by atoms with Crippen molar-refractivity contribution in [3.05, 3.63) is 58.2 Å². The molecule has 9 heteroatoms. The van der Waals surface area contributed by atoms with Crippen LogP contribution >= 0.6 is 11.6 Å². The number of aromatic nitrogens is 1. The molecule has 2 N–H and O–H groups in total. The smallest absolute Gasteiger partial charge is 0.419 e. The summed E-state index contributed by atoms with van der Waals surface area (Å²) in [7, 11) is 1.35. The number of aromatic amines is 1. The fourth-order valence-corrected chi connectivity index (χ4v) is 3.55. The number of ether oxygens (including phenoxy) is 1. The lowest BCUT2D eigenvalue weighted by Crippen LogP contribution is -3.13. The largest absolute Gasteiger partial charge is 0.465 e. The summed E-state index contributed by atoms with van der Waals surface area (Å²) < 4.78 is 43.0. The van der Waals surface area contributed by atoms with E-state index in [4.69, 9.17) is 11.6 Å². The zero-order valence-corrected chi connectivity index (χ0v) is 16.0. The zero-order chi connectivity index (χ0) is 20.3. The van der Waals surface area contributed by atoms with Crippen LogP contribution in [0.3, 0.4) is 0 Å². The summed E-state index contributed by atoms with van der Waals surface area (Å²) in [6.45, 7) is 3.81. The summed E-state index contributed by atoms with van der Waals surface area (Å²) in [6, 6.07) is 8.26. The molecule has 3 rings (SSSR count). The second kappa shape index (κ2) is 8.36. The molecule has 150 valence electrons. The van der Waals surface area contributed by atoms with Crippen molar-refractivity contribution in [1.29, 1.82) is 0 Å². The summed E-state index contributed by atoms with van der Waals surface area (Å²) in [6.07, 6.45) is -3.48. The van der Waals surface area contributed by atoms with Gasteiger partial charge in [-0.05, 0) is 18.2 Å². The molecule has 1 aromatic heterocycles. The Morgan fingerprint density at radius 3 is 2.43 bits per heavy atom. The highest BCUT2D eigenvalue weighted by Crippen LogP contribution is 2.32. The highest BCUT2D eigenvalue weighted by Gasteiger charge is 2.35. The van der Waals surface area contributed by atoms with Crippen molar-refractivity contribution in [3.8, 4) is 0 Å². The minimum Gasteiger partial charge on any atom is -0.465 e. The van der Waals surface area contributed by atoms with Crippen LogP contribution in [0, 0.1) is 0 Å². The van der Waals surface area contributed by atoms with Gasteiger partial charge in [-0.15, -0.1) is 0 Å². The third-order valence-electron chi connectivity index (χ3n) is 4.82. The lowest BCUT2D eigenvalue weighted by atomic mass is 10.1. The highest BCUT2D eigenvalue weighted by molar-refractivity contribution is 6.32. The Morgan fingerprint density at radius 1 is 1.25 bits per heavy atom. The van der Waals surface area contributed by atoms with E-state index >= 15 is 0 Å². The minimum absolute atomic E-state index is 0.0664. The maximum absolute atomic E-state index is 12.8. The molecule has 0 atom stereocenters. The normalized spacial score (nSPS) is 15.5. The number of hydrogen-bond acceptors (Lipinski definition) is 3. The third-order valence-corrected chi connectivity index (χ3v) is 5.10. The predicted octanol–water partition coefficient (Wildman–Crippen LogP) is 1.86. The molecule has 1 aliphatic rings. The quantitative estimate of drug-likeness (QED) is 0.775. The number of quaternary nitrogens is 1. The number of alkyl halides is 3. The van der Waals surface area contributed by atoms with Gasteiger partial charge >= 0.3 is 12.1 Å². The first kappa shape index (κ1) is 20.4. The van der Waals surface area contributed by atoms with Crippen LogP contribution in [-0.4, -0.2) is 39.3 Å². The number of anilines is 1. The standard InChI is InChI=1S/C19H19ClF3N3O2/c1-28-18(27)14-4-2-13(3-5-14)12-25-6-8-26(9-7-25)17-16(20)10-15(11-24-17)19(21,22)23/h2-5,10-11H,6-9,12H2,1H3/p+2. The molecule has 0 radical (unpaired) electrons. The van der Waals surface area contributed by atoms with E-state index in [0.717, 1.165) is 37.5 Å². The summed E-state index contributed by atoms with van der Waals surface area (Å²) in [4.78, 5) is 17.5. The first-order valence-electron chi connectivity index (χ1n) is 8.82. The molecule has 0 bridgehead atoms. The number of H-pyrrole nitrogens is 1. The van der Waals surface area contributed by atoms with Crippen molar-refractivity contribution in [1.82, 2.24) is 0 Å². The number of benzene rings is 1. The monoisotopic (exact) mass is 415 g/mol. The molecule has 0 saturated carbocycles. The zero-order valence-electron chi connectivity index (χ0n) is 15.3. The average Bonchev–Trinajstić information content (AvgIpc) is 2.68. The van der Waals surface area contributed by atoms with Gasteiger partial charge in [0.1, 0.15) is 43.9 Å². The Balaban J connectivity index is 1.58. The topological polar surface area (TPSA) is 48.1 Å². The molecule has 2 aromatic rings. The minimum atomic E-state index is -4.43. The lowest BCUT2D eigenvalue weighted by Gasteiger charge is -2.28. The highest BCUT2D eigenvalue weighted by atomic mass is 35.5. The van der Waals surface area contributed by atoms with Crippen molar-refractivity contribution in [2.75, 3.05) is 38.2 Å². The van der Waals surface area contributed by atoms with Crippen molar-refractivity contribution < 1.29 is 32.6 Å². The number of nitrogens with one attached hydrogen (secondary N) is 2. The number of esters is 1. The lowest BCUT2D eigenvalue weighted by molar-refractivity contribution is -0.914. The van der Waals surface area contributed by atoms with Crippen LogP contribution in [0.1, 0.15) is 21.5 Å². The summed E-state index contributed by atoms with van der Waals surface area (Å²) in [5.74, 6) is 0.147. The molecule has 0 aliphatic carbocycles. The van der Waals surface area contributed by atoms with Gasteiger partial charge in [0.05, 0.1) is 18.2 Å². The molecule has 0 spiro atoms. The summed E-state index contributed by atoms with van der Waals surface area (Å²) >= 11 is 6.07. The molecule has 28 heavy (non-hydrogen) atoms. The van der Waals surface area contributed by atoms with Crippen LogP contribution in [0.2, 0.25) is 5.02 Å². The van der Waals surface area contributed by atoms with Gasteiger partial charge in [0.15, 0.2) is 0 Å². The van der Waals surface area contributed by atoms with E-state index in [1.165, 1.54) is 12.0 Å². The Morgan fingerprint density at radius 2 is 1.89 bits per heavy atom. The van der Waals surface area contributed by atoms with Gasteiger partial charge in [0.2, 0.25) is 0 Å². The number of piperazine rings is 1. The maximum atomic E-state index is 12.8. The van der Waals surface area contributed by atoms with Crippen LogP contribution < -0.4 is 14.8 Å². The molecule has 2 heterocycles. The molecule has 1 aliphatic heterocycles. The van der Waals surface area contributed by atoms with E-state index in [1.807, 2.05) is 17.0 Å². The molecule has 5 nitrogen and oxygen atoms in total. The van der Waals surface area contributed by atoms with E-state index in [9.17, 15) is 18.0 Å². The Kier molecular flexibility index (Phi) is 6.10. The molecular weight excluding hydrogens is 395 g/mol. The number of nitrogens with zero attached hydrogens (tertiary/aromatic N) is 1. The number of carbonyl (C=O) groups is 1. The number of halogens is 4. The van der Waals surface area contributed by atoms with Crippen molar-refractivity contribution >= 4 is 23.4 Å². The second-order valence-corrected chi connectivity index (χ2v) is 7.09. The number of rotatable bonds is 4. The predicted molar refractivity (Wildman–Crippen MR) is 97.4 cm³/mol. The third kappa shape index (κ3) is 4.74. The van der Waals surface area contributed by atoms with E-state index in [2.05, 4.69) is 9.72 Å². The molecule has 1 aromatic carbocycles. The van der Waals surface area contributed by atoms with Gasteiger partial charge in [-0.1, -0.05) is 23.7 Å². The van der Waals surface area contributed by atoms with Gasteiger partial charge in [-0.3, -0.25) is 0 Å². The van der Waals surface area contributed by atoms with Gasteiger partial charge in [0, 0.05) is 5.56 Å². The van der Waals surface area contributed by atoms with E-state index < -0.39 is 11.7 Å². The van der Waals surface area contributed by atoms with Crippen LogP contribution in [0.25, 0.3) is 0 Å². The SMILES string of the molecule is COC(=O)c1ccc(C[NH+]2CCN(c3[nH+]cc(C(F)(F)F)cc3Cl)CC2)cc1.